The highest BCUT2D eigenvalue weighted by Crippen LogP contribution is 2.28. The van der Waals surface area contributed by atoms with Crippen LogP contribution in [0.4, 0.5) is 0 Å². The fourth-order valence-electron chi connectivity index (χ4n) is 3.10. The van der Waals surface area contributed by atoms with E-state index in [0.717, 1.165) is 16.5 Å². The van der Waals surface area contributed by atoms with E-state index in [2.05, 4.69) is 65.9 Å². The summed E-state index contributed by atoms with van der Waals surface area (Å²) in [5.41, 5.74) is 3.74. The van der Waals surface area contributed by atoms with Gasteiger partial charge in [-0.25, -0.2) is 0 Å². The highest BCUT2D eigenvalue weighted by atomic mass is 32.2. The van der Waals surface area contributed by atoms with Crippen LogP contribution in [0.3, 0.4) is 0 Å². The Morgan fingerprint density at radius 1 is 0.964 bits per heavy atom. The lowest BCUT2D eigenvalue weighted by atomic mass is 10.2. The van der Waals surface area contributed by atoms with Crippen molar-refractivity contribution >= 4 is 28.6 Å². The summed E-state index contributed by atoms with van der Waals surface area (Å²) in [5, 5.41) is 8.27. The van der Waals surface area contributed by atoms with Gasteiger partial charge in [-0.05, 0) is 42.8 Å². The van der Waals surface area contributed by atoms with Crippen molar-refractivity contribution in [1.29, 1.82) is 0 Å². The zero-order valence-electron chi connectivity index (χ0n) is 15.8. The van der Waals surface area contributed by atoms with Gasteiger partial charge in [0.2, 0.25) is 0 Å². The third-order valence-electron chi connectivity index (χ3n) is 4.59. The molecule has 1 amide bonds. The molecule has 0 fully saturated rings. The maximum atomic E-state index is 12.7. The average Bonchev–Trinajstić information content (AvgIpc) is 3.05. The fraction of sp³-hybridized carbons (Fsp3) is 0.130. The quantitative estimate of drug-likeness (QED) is 0.526. The molecule has 0 radical (unpaired) electrons. The van der Waals surface area contributed by atoms with Gasteiger partial charge in [-0.3, -0.25) is 9.48 Å². The van der Waals surface area contributed by atoms with Crippen molar-refractivity contribution in [3.63, 3.8) is 0 Å². The second-order valence-corrected chi connectivity index (χ2v) is 7.88. The van der Waals surface area contributed by atoms with E-state index in [-0.39, 0.29) is 5.91 Å². The first-order valence-electron chi connectivity index (χ1n) is 9.13. The molecule has 3 aromatic carbocycles. The van der Waals surface area contributed by atoms with E-state index >= 15 is 0 Å². The van der Waals surface area contributed by atoms with E-state index in [1.807, 2.05) is 24.3 Å². The van der Waals surface area contributed by atoms with Gasteiger partial charge in [-0.2, -0.15) is 5.10 Å². The Balaban J connectivity index is 1.41. The Hall–Kier alpha value is -3.05. The monoisotopic (exact) mass is 387 g/mol. The molecule has 1 aromatic heterocycles. The van der Waals surface area contributed by atoms with E-state index in [0.29, 0.717) is 12.2 Å². The number of carbonyl (C=O) groups excluding carboxylic acids is 1. The first kappa shape index (κ1) is 18.3. The van der Waals surface area contributed by atoms with Crippen molar-refractivity contribution in [3.8, 4) is 0 Å². The van der Waals surface area contributed by atoms with Crippen molar-refractivity contribution < 1.29 is 4.79 Å². The van der Waals surface area contributed by atoms with E-state index in [1.54, 1.807) is 23.5 Å². The molecule has 4 rings (SSSR count). The Bertz CT molecular complexity index is 1120. The largest absolute Gasteiger partial charge is 0.347 e. The molecule has 140 valence electrons. The lowest BCUT2D eigenvalue weighted by molar-refractivity contribution is 0.0943. The summed E-state index contributed by atoms with van der Waals surface area (Å²) in [5.74, 6) is -0.116. The smallest absolute Gasteiger partial charge is 0.270 e. The van der Waals surface area contributed by atoms with Crippen LogP contribution in [0.15, 0.2) is 82.6 Å². The molecule has 1 N–H and O–H groups in total. The van der Waals surface area contributed by atoms with Gasteiger partial charge in [0.05, 0.1) is 5.52 Å². The van der Waals surface area contributed by atoms with Crippen LogP contribution < -0.4 is 5.32 Å². The average molecular weight is 388 g/mol. The number of carbonyl (C=O) groups is 1. The minimum absolute atomic E-state index is 0.116. The number of hydrogen-bond acceptors (Lipinski definition) is 3. The predicted molar refractivity (Wildman–Crippen MR) is 114 cm³/mol. The molecular weight excluding hydrogens is 366 g/mol. The Morgan fingerprint density at radius 3 is 2.32 bits per heavy atom. The molecule has 0 spiro atoms. The minimum atomic E-state index is -0.116. The zero-order valence-corrected chi connectivity index (χ0v) is 16.7. The van der Waals surface area contributed by atoms with Crippen molar-refractivity contribution in [2.24, 2.45) is 7.05 Å². The normalized spacial score (nSPS) is 10.9. The van der Waals surface area contributed by atoms with Crippen LogP contribution in [0.2, 0.25) is 0 Å². The number of hydrogen-bond donors (Lipinski definition) is 1. The summed E-state index contributed by atoms with van der Waals surface area (Å²) >= 11 is 1.73. The lowest BCUT2D eigenvalue weighted by Gasteiger charge is -2.07. The fourth-order valence-corrected chi connectivity index (χ4v) is 3.92. The van der Waals surface area contributed by atoms with Crippen LogP contribution in [0, 0.1) is 6.92 Å². The van der Waals surface area contributed by atoms with Gasteiger partial charge in [-0.15, -0.1) is 0 Å². The Kier molecular flexibility index (Phi) is 5.17. The van der Waals surface area contributed by atoms with Gasteiger partial charge >= 0.3 is 0 Å². The SMILES string of the molecule is Cc1ccc(Sc2ccc(CNC(=O)c3c4ccccc4nn3C)cc2)cc1. The summed E-state index contributed by atoms with van der Waals surface area (Å²) in [4.78, 5) is 15.1. The molecule has 0 bridgehead atoms. The van der Waals surface area contributed by atoms with Crippen LogP contribution in [0.5, 0.6) is 0 Å². The van der Waals surface area contributed by atoms with Crippen molar-refractivity contribution in [2.45, 2.75) is 23.3 Å². The van der Waals surface area contributed by atoms with Crippen molar-refractivity contribution in [1.82, 2.24) is 15.1 Å². The van der Waals surface area contributed by atoms with Gasteiger partial charge in [0.1, 0.15) is 5.69 Å². The molecule has 0 saturated heterocycles. The number of aryl methyl sites for hydroxylation is 2. The van der Waals surface area contributed by atoms with Crippen LogP contribution in [-0.2, 0) is 13.6 Å². The molecule has 5 heteroatoms. The zero-order chi connectivity index (χ0) is 19.5. The highest BCUT2D eigenvalue weighted by molar-refractivity contribution is 7.99. The van der Waals surface area contributed by atoms with Crippen molar-refractivity contribution in [3.05, 3.63) is 89.6 Å². The molecule has 0 saturated carbocycles. The summed E-state index contributed by atoms with van der Waals surface area (Å²) in [6.45, 7) is 2.57. The predicted octanol–water partition coefficient (Wildman–Crippen LogP) is 4.96. The van der Waals surface area contributed by atoms with Crippen LogP contribution >= 0.6 is 11.8 Å². The first-order valence-corrected chi connectivity index (χ1v) is 9.95. The van der Waals surface area contributed by atoms with Crippen LogP contribution in [0.1, 0.15) is 21.6 Å². The van der Waals surface area contributed by atoms with Crippen LogP contribution in [-0.4, -0.2) is 15.7 Å². The molecule has 28 heavy (non-hydrogen) atoms. The molecule has 0 atom stereocenters. The number of aromatic nitrogens is 2. The molecule has 4 nitrogen and oxygen atoms in total. The van der Waals surface area contributed by atoms with Gasteiger partial charge in [0, 0.05) is 28.8 Å². The minimum Gasteiger partial charge on any atom is -0.347 e. The lowest BCUT2D eigenvalue weighted by Crippen LogP contribution is -2.25. The summed E-state index contributed by atoms with van der Waals surface area (Å²) in [6, 6.07) is 24.5. The molecular formula is C23H21N3OS. The van der Waals surface area contributed by atoms with E-state index in [1.165, 1.54) is 15.4 Å². The van der Waals surface area contributed by atoms with E-state index in [9.17, 15) is 4.79 Å². The van der Waals surface area contributed by atoms with Crippen molar-refractivity contribution in [2.75, 3.05) is 0 Å². The second-order valence-electron chi connectivity index (χ2n) is 6.73. The number of nitrogens with zero attached hydrogens (tertiary/aromatic N) is 2. The second kappa shape index (κ2) is 7.90. The Labute approximate surface area is 168 Å². The number of benzene rings is 3. The van der Waals surface area contributed by atoms with Gasteiger partial charge in [-0.1, -0.05) is 59.8 Å². The molecule has 4 aromatic rings. The Morgan fingerprint density at radius 2 is 1.61 bits per heavy atom. The number of nitrogens with one attached hydrogen (secondary N) is 1. The van der Waals surface area contributed by atoms with Crippen LogP contribution in [0.25, 0.3) is 10.9 Å². The standard InChI is InChI=1S/C23H21N3OS/c1-16-7-11-18(12-8-16)28-19-13-9-17(10-14-19)15-24-23(27)22-20-5-3-4-6-21(20)25-26(22)2/h3-14H,15H2,1-2H3,(H,24,27). The maximum absolute atomic E-state index is 12.7. The topological polar surface area (TPSA) is 46.9 Å². The van der Waals surface area contributed by atoms with E-state index in [4.69, 9.17) is 0 Å². The maximum Gasteiger partial charge on any atom is 0.270 e. The van der Waals surface area contributed by atoms with E-state index < -0.39 is 0 Å². The molecule has 1 heterocycles. The number of fused-ring (bicyclic) bond motifs is 1. The van der Waals surface area contributed by atoms with Gasteiger partial charge in [0.15, 0.2) is 0 Å². The molecule has 0 aliphatic rings. The molecule has 0 aliphatic carbocycles. The first-order chi connectivity index (χ1) is 13.6. The molecule has 0 unspecified atom stereocenters. The number of rotatable bonds is 5. The third-order valence-corrected chi connectivity index (χ3v) is 5.60. The highest BCUT2D eigenvalue weighted by Gasteiger charge is 2.15. The molecule has 0 aliphatic heterocycles. The third kappa shape index (κ3) is 3.94. The summed E-state index contributed by atoms with van der Waals surface area (Å²) in [7, 11) is 1.80. The summed E-state index contributed by atoms with van der Waals surface area (Å²) in [6.07, 6.45) is 0. The van der Waals surface area contributed by atoms with Gasteiger partial charge < -0.3 is 5.32 Å². The van der Waals surface area contributed by atoms with Gasteiger partial charge in [0.25, 0.3) is 5.91 Å². The summed E-state index contributed by atoms with van der Waals surface area (Å²) < 4.78 is 1.64. The number of amides is 1.